The smallest absolute Gasteiger partial charge is 0.422 e. The summed E-state index contributed by atoms with van der Waals surface area (Å²) in [4.78, 5) is 3.74. The second kappa shape index (κ2) is 7.49. The maximum atomic E-state index is 12.2. The number of nitrogens with one attached hydrogen (secondary N) is 1. The van der Waals surface area contributed by atoms with E-state index in [1.54, 1.807) is 12.1 Å². The van der Waals surface area contributed by atoms with E-state index < -0.39 is 22.8 Å². The van der Waals surface area contributed by atoms with Gasteiger partial charge in [-0.1, -0.05) is 22.0 Å². The van der Waals surface area contributed by atoms with Gasteiger partial charge < -0.3 is 4.74 Å². The molecule has 0 aliphatic heterocycles. The van der Waals surface area contributed by atoms with Crippen LogP contribution < -0.4 is 9.46 Å². The molecule has 1 heterocycles. The topological polar surface area (TPSA) is 68.3 Å². The Morgan fingerprint density at radius 3 is 2.46 bits per heavy atom. The fourth-order valence-corrected chi connectivity index (χ4v) is 2.98. The zero-order valence-corrected chi connectivity index (χ0v) is 14.5. The van der Waals surface area contributed by atoms with Gasteiger partial charge in [0.1, 0.15) is 0 Å². The molecule has 0 aliphatic rings. The number of aromatic nitrogens is 1. The Labute approximate surface area is 145 Å². The maximum absolute atomic E-state index is 12.2. The van der Waals surface area contributed by atoms with Crippen LogP contribution in [0.5, 0.6) is 5.88 Å². The van der Waals surface area contributed by atoms with Crippen LogP contribution in [-0.4, -0.2) is 26.2 Å². The molecular weight excluding hydrogens is 413 g/mol. The number of pyridine rings is 1. The molecule has 10 heteroatoms. The molecule has 0 amide bonds. The third-order valence-corrected chi connectivity index (χ3v) is 4.74. The summed E-state index contributed by atoms with van der Waals surface area (Å²) in [5.41, 5.74) is 0.197. The van der Waals surface area contributed by atoms with Crippen molar-refractivity contribution in [1.82, 2.24) is 9.71 Å². The van der Waals surface area contributed by atoms with E-state index in [1.807, 2.05) is 0 Å². The first-order valence-electron chi connectivity index (χ1n) is 6.56. The Hall–Kier alpha value is -1.65. The number of ether oxygens (including phenoxy) is 1. The van der Waals surface area contributed by atoms with Crippen molar-refractivity contribution in [2.24, 2.45) is 0 Å². The van der Waals surface area contributed by atoms with Crippen molar-refractivity contribution in [3.8, 4) is 5.88 Å². The average Bonchev–Trinajstić information content (AvgIpc) is 2.51. The summed E-state index contributed by atoms with van der Waals surface area (Å²) < 4.78 is 68.7. The zero-order chi connectivity index (χ0) is 17.8. The van der Waals surface area contributed by atoms with Crippen molar-refractivity contribution < 1.29 is 26.3 Å². The molecule has 0 saturated carbocycles. The van der Waals surface area contributed by atoms with Crippen LogP contribution >= 0.6 is 15.9 Å². The van der Waals surface area contributed by atoms with Crippen LogP contribution in [0.1, 0.15) is 5.56 Å². The lowest BCUT2D eigenvalue weighted by atomic mass is 10.3. The molecule has 0 aliphatic carbocycles. The van der Waals surface area contributed by atoms with Gasteiger partial charge in [0, 0.05) is 22.8 Å². The van der Waals surface area contributed by atoms with Gasteiger partial charge >= 0.3 is 6.18 Å². The van der Waals surface area contributed by atoms with Gasteiger partial charge in [0.2, 0.25) is 15.9 Å². The molecule has 0 atom stereocenters. The zero-order valence-electron chi connectivity index (χ0n) is 12.0. The van der Waals surface area contributed by atoms with Gasteiger partial charge in [-0.25, -0.2) is 18.1 Å². The molecule has 1 aromatic carbocycles. The van der Waals surface area contributed by atoms with Gasteiger partial charge in [0.15, 0.2) is 6.61 Å². The standard InChI is InChI=1S/C14H12BrF3N2O3S/c15-11-3-5-12(6-4-11)24(21,22)20-8-10-2-1-7-19-13(10)23-9-14(16,17)18/h1-7,20H,8-9H2. The quantitative estimate of drug-likeness (QED) is 0.772. The first kappa shape index (κ1) is 18.7. The monoisotopic (exact) mass is 424 g/mol. The van der Waals surface area contributed by atoms with Crippen molar-refractivity contribution in [2.45, 2.75) is 17.6 Å². The van der Waals surface area contributed by atoms with Crippen LogP contribution in [0.3, 0.4) is 0 Å². The lowest BCUT2D eigenvalue weighted by Crippen LogP contribution is -2.24. The minimum absolute atomic E-state index is 0.0346. The van der Waals surface area contributed by atoms with Crippen molar-refractivity contribution in [3.05, 3.63) is 52.6 Å². The highest BCUT2D eigenvalue weighted by atomic mass is 79.9. The Kier molecular flexibility index (Phi) is 5.83. The minimum Gasteiger partial charge on any atom is -0.468 e. The average molecular weight is 425 g/mol. The number of hydrogen-bond acceptors (Lipinski definition) is 4. The lowest BCUT2D eigenvalue weighted by Gasteiger charge is -2.12. The fraction of sp³-hybridized carbons (Fsp3) is 0.214. The van der Waals surface area contributed by atoms with E-state index >= 15 is 0 Å². The van der Waals surface area contributed by atoms with Crippen LogP contribution in [0.2, 0.25) is 0 Å². The summed E-state index contributed by atoms with van der Waals surface area (Å²) in [5, 5.41) is 0. The Morgan fingerprint density at radius 2 is 1.83 bits per heavy atom. The van der Waals surface area contributed by atoms with Crippen LogP contribution in [-0.2, 0) is 16.6 Å². The van der Waals surface area contributed by atoms with E-state index in [0.717, 1.165) is 4.47 Å². The normalized spacial score (nSPS) is 12.2. The molecular formula is C14H12BrF3N2O3S. The predicted molar refractivity (Wildman–Crippen MR) is 84.0 cm³/mol. The first-order chi connectivity index (χ1) is 11.2. The molecule has 24 heavy (non-hydrogen) atoms. The SMILES string of the molecule is O=S(=O)(NCc1cccnc1OCC(F)(F)F)c1ccc(Br)cc1. The van der Waals surface area contributed by atoms with E-state index in [4.69, 9.17) is 0 Å². The number of sulfonamides is 1. The van der Waals surface area contributed by atoms with Crippen LogP contribution in [0, 0.1) is 0 Å². The third-order valence-electron chi connectivity index (χ3n) is 2.80. The second-order valence-electron chi connectivity index (χ2n) is 4.65. The van der Waals surface area contributed by atoms with Gasteiger partial charge in [-0.2, -0.15) is 13.2 Å². The summed E-state index contributed by atoms with van der Waals surface area (Å²) in [6, 6.07) is 8.84. The summed E-state index contributed by atoms with van der Waals surface area (Å²) in [5.74, 6) is -0.270. The molecule has 0 saturated heterocycles. The molecule has 130 valence electrons. The highest BCUT2D eigenvalue weighted by Gasteiger charge is 2.29. The Balaban J connectivity index is 2.10. The number of rotatable bonds is 6. The first-order valence-corrected chi connectivity index (χ1v) is 8.84. The molecule has 0 spiro atoms. The Bertz CT molecular complexity index is 796. The maximum Gasteiger partial charge on any atom is 0.422 e. The molecule has 0 unspecified atom stereocenters. The van der Waals surface area contributed by atoms with Crippen LogP contribution in [0.15, 0.2) is 52.0 Å². The largest absolute Gasteiger partial charge is 0.468 e. The van der Waals surface area contributed by atoms with E-state index in [-0.39, 0.29) is 22.9 Å². The summed E-state index contributed by atoms with van der Waals surface area (Å²) >= 11 is 3.20. The van der Waals surface area contributed by atoms with Crippen LogP contribution in [0.25, 0.3) is 0 Å². The lowest BCUT2D eigenvalue weighted by molar-refractivity contribution is -0.154. The number of halogens is 4. The van der Waals surface area contributed by atoms with E-state index in [1.165, 1.54) is 30.5 Å². The predicted octanol–water partition coefficient (Wildman–Crippen LogP) is 3.26. The number of nitrogens with zero attached hydrogens (tertiary/aromatic N) is 1. The van der Waals surface area contributed by atoms with Gasteiger partial charge in [-0.05, 0) is 30.3 Å². The van der Waals surface area contributed by atoms with Gasteiger partial charge in [0.25, 0.3) is 0 Å². The van der Waals surface area contributed by atoms with Crippen molar-refractivity contribution in [1.29, 1.82) is 0 Å². The minimum atomic E-state index is -4.51. The van der Waals surface area contributed by atoms with E-state index in [2.05, 4.69) is 30.4 Å². The highest BCUT2D eigenvalue weighted by molar-refractivity contribution is 9.10. The van der Waals surface area contributed by atoms with Crippen molar-refractivity contribution in [3.63, 3.8) is 0 Å². The summed E-state index contributed by atoms with van der Waals surface area (Å²) in [7, 11) is -3.81. The van der Waals surface area contributed by atoms with Crippen LogP contribution in [0.4, 0.5) is 13.2 Å². The van der Waals surface area contributed by atoms with Crippen molar-refractivity contribution in [2.75, 3.05) is 6.61 Å². The van der Waals surface area contributed by atoms with Gasteiger partial charge in [0.05, 0.1) is 4.90 Å². The summed E-state index contributed by atoms with van der Waals surface area (Å²) in [6.45, 7) is -1.75. The molecule has 0 bridgehead atoms. The highest BCUT2D eigenvalue weighted by Crippen LogP contribution is 2.21. The molecule has 1 aromatic heterocycles. The molecule has 2 aromatic rings. The number of benzene rings is 1. The Morgan fingerprint density at radius 1 is 1.17 bits per heavy atom. The molecule has 0 radical (unpaired) electrons. The van der Waals surface area contributed by atoms with Crippen molar-refractivity contribution >= 4 is 26.0 Å². The van der Waals surface area contributed by atoms with Gasteiger partial charge in [-0.15, -0.1) is 0 Å². The molecule has 0 fully saturated rings. The molecule has 2 rings (SSSR count). The van der Waals surface area contributed by atoms with E-state index in [9.17, 15) is 21.6 Å². The fourth-order valence-electron chi connectivity index (χ4n) is 1.71. The summed E-state index contributed by atoms with van der Waals surface area (Å²) in [6.07, 6.45) is -3.25. The van der Waals surface area contributed by atoms with E-state index in [0.29, 0.717) is 0 Å². The molecule has 1 N–H and O–H groups in total. The number of alkyl halides is 3. The number of hydrogen-bond donors (Lipinski definition) is 1. The second-order valence-corrected chi connectivity index (χ2v) is 7.33. The third kappa shape index (κ3) is 5.46. The molecule has 5 nitrogen and oxygen atoms in total. The van der Waals surface area contributed by atoms with Gasteiger partial charge in [-0.3, -0.25) is 0 Å².